The van der Waals surface area contributed by atoms with Gasteiger partial charge in [0, 0.05) is 25.1 Å². The maximum absolute atomic E-state index is 9.81. The summed E-state index contributed by atoms with van der Waals surface area (Å²) in [6, 6.07) is 8.96. The molecule has 0 saturated carbocycles. The van der Waals surface area contributed by atoms with E-state index in [4.69, 9.17) is 15.1 Å². The van der Waals surface area contributed by atoms with E-state index in [1.165, 1.54) is 0 Å². The van der Waals surface area contributed by atoms with Crippen molar-refractivity contribution >= 4 is 0 Å². The molecule has 3 N–H and O–H groups in total. The summed E-state index contributed by atoms with van der Waals surface area (Å²) in [6.45, 7) is 5.05. The van der Waals surface area contributed by atoms with Gasteiger partial charge in [-0.1, -0.05) is 26.0 Å². The number of nitrogens with zero attached hydrogens (tertiary/aromatic N) is 1. The van der Waals surface area contributed by atoms with Gasteiger partial charge in [-0.2, -0.15) is 5.26 Å². The molecule has 1 aromatic carbocycles. The average Bonchev–Trinajstić information content (AvgIpc) is 2.45. The molecule has 5 nitrogen and oxygen atoms in total. The van der Waals surface area contributed by atoms with E-state index >= 15 is 0 Å². The van der Waals surface area contributed by atoms with Crippen LogP contribution in [0.2, 0.25) is 0 Å². The Kier molecular flexibility index (Phi) is 6.46. The topological polar surface area (TPSA) is 85.5 Å². The summed E-state index contributed by atoms with van der Waals surface area (Å²) in [4.78, 5) is 0. The van der Waals surface area contributed by atoms with Crippen molar-refractivity contribution in [3.05, 3.63) is 29.8 Å². The van der Waals surface area contributed by atoms with Crippen LogP contribution in [0.15, 0.2) is 24.3 Å². The fraction of sp³-hybridized carbons (Fsp3) is 0.533. The van der Waals surface area contributed by atoms with Crippen LogP contribution in [0.1, 0.15) is 19.4 Å². The number of benzene rings is 1. The summed E-state index contributed by atoms with van der Waals surface area (Å²) in [7, 11) is 0. The molecule has 20 heavy (non-hydrogen) atoms. The number of ether oxygens (including phenoxy) is 1. The highest BCUT2D eigenvalue weighted by molar-refractivity contribution is 5.42. The predicted octanol–water partition coefficient (Wildman–Crippen LogP) is 0.906. The Morgan fingerprint density at radius 3 is 2.75 bits per heavy atom. The minimum absolute atomic E-state index is 0.0855. The number of rotatable bonds is 8. The molecule has 0 aliphatic rings. The Labute approximate surface area is 119 Å². The standard InChI is InChI=1S/C15H22N2O3/c1-15(2,11-18)10-17-8-13(19)9-20-14-6-4-3-5-12(14)7-16/h3-6,13,17-19H,8-11H2,1-2H3. The second kappa shape index (κ2) is 7.85. The molecule has 0 aliphatic heterocycles. The van der Waals surface area contributed by atoms with Crippen molar-refractivity contribution in [2.45, 2.75) is 20.0 Å². The molecule has 0 aromatic heterocycles. The number of nitrogens with one attached hydrogen (secondary N) is 1. The zero-order valence-electron chi connectivity index (χ0n) is 12.0. The molecule has 1 rings (SSSR count). The third-order valence-electron chi connectivity index (χ3n) is 2.85. The number of aliphatic hydroxyl groups is 2. The van der Waals surface area contributed by atoms with Gasteiger partial charge < -0.3 is 20.3 Å². The number of para-hydroxylation sites is 1. The van der Waals surface area contributed by atoms with Crippen LogP contribution in [-0.4, -0.2) is 42.6 Å². The first-order chi connectivity index (χ1) is 9.48. The molecule has 1 unspecified atom stereocenters. The van der Waals surface area contributed by atoms with Gasteiger partial charge in [-0.25, -0.2) is 0 Å². The molecule has 5 heteroatoms. The van der Waals surface area contributed by atoms with Crippen LogP contribution >= 0.6 is 0 Å². The minimum Gasteiger partial charge on any atom is -0.489 e. The summed E-state index contributed by atoms with van der Waals surface area (Å²) < 4.78 is 5.44. The Balaban J connectivity index is 2.33. The van der Waals surface area contributed by atoms with Gasteiger partial charge in [0.1, 0.15) is 24.5 Å². The van der Waals surface area contributed by atoms with Crippen LogP contribution in [0.3, 0.4) is 0 Å². The second-order valence-corrected chi connectivity index (χ2v) is 5.53. The van der Waals surface area contributed by atoms with Gasteiger partial charge in [-0.3, -0.25) is 0 Å². The lowest BCUT2D eigenvalue weighted by atomic mass is 9.95. The van der Waals surface area contributed by atoms with Crippen molar-refractivity contribution in [2.24, 2.45) is 5.41 Å². The maximum Gasteiger partial charge on any atom is 0.137 e. The third-order valence-corrected chi connectivity index (χ3v) is 2.85. The Bertz CT molecular complexity index is 455. The molecule has 110 valence electrons. The fourth-order valence-electron chi connectivity index (χ4n) is 1.56. The molecule has 0 aliphatic carbocycles. The van der Waals surface area contributed by atoms with Gasteiger partial charge in [0.25, 0.3) is 0 Å². The van der Waals surface area contributed by atoms with Crippen LogP contribution in [-0.2, 0) is 0 Å². The smallest absolute Gasteiger partial charge is 0.137 e. The van der Waals surface area contributed by atoms with E-state index in [1.807, 2.05) is 19.9 Å². The van der Waals surface area contributed by atoms with Gasteiger partial charge in [-0.05, 0) is 12.1 Å². The minimum atomic E-state index is -0.670. The second-order valence-electron chi connectivity index (χ2n) is 5.53. The largest absolute Gasteiger partial charge is 0.489 e. The molecule has 0 spiro atoms. The van der Waals surface area contributed by atoms with Gasteiger partial charge >= 0.3 is 0 Å². The van der Waals surface area contributed by atoms with Gasteiger partial charge in [0.15, 0.2) is 0 Å². The highest BCUT2D eigenvalue weighted by Gasteiger charge is 2.16. The molecule has 0 fully saturated rings. The highest BCUT2D eigenvalue weighted by atomic mass is 16.5. The normalized spacial score (nSPS) is 12.8. The van der Waals surface area contributed by atoms with Gasteiger partial charge in [-0.15, -0.1) is 0 Å². The molecule has 0 amide bonds. The van der Waals surface area contributed by atoms with Crippen molar-refractivity contribution in [3.8, 4) is 11.8 Å². The number of aliphatic hydroxyl groups excluding tert-OH is 2. The lowest BCUT2D eigenvalue weighted by Crippen LogP contribution is -2.38. The van der Waals surface area contributed by atoms with E-state index in [-0.39, 0.29) is 18.6 Å². The monoisotopic (exact) mass is 278 g/mol. The van der Waals surface area contributed by atoms with Crippen LogP contribution in [0.25, 0.3) is 0 Å². The number of hydrogen-bond donors (Lipinski definition) is 3. The van der Waals surface area contributed by atoms with Crippen molar-refractivity contribution in [3.63, 3.8) is 0 Å². The van der Waals surface area contributed by atoms with E-state index in [1.54, 1.807) is 24.3 Å². The predicted molar refractivity (Wildman–Crippen MR) is 76.4 cm³/mol. The quantitative estimate of drug-likeness (QED) is 0.658. The van der Waals surface area contributed by atoms with E-state index in [9.17, 15) is 5.11 Å². The zero-order valence-corrected chi connectivity index (χ0v) is 12.0. The summed E-state index contributed by atoms with van der Waals surface area (Å²) >= 11 is 0. The Morgan fingerprint density at radius 1 is 1.40 bits per heavy atom. The van der Waals surface area contributed by atoms with E-state index in [2.05, 4.69) is 5.32 Å². The first kappa shape index (κ1) is 16.4. The lowest BCUT2D eigenvalue weighted by molar-refractivity contribution is 0.0979. The zero-order chi connectivity index (χ0) is 15.0. The van der Waals surface area contributed by atoms with Crippen molar-refractivity contribution in [2.75, 3.05) is 26.3 Å². The summed E-state index contributed by atoms with van der Waals surface area (Å²) in [5.41, 5.74) is 0.239. The highest BCUT2D eigenvalue weighted by Crippen LogP contribution is 2.16. The number of nitriles is 1. The van der Waals surface area contributed by atoms with Gasteiger partial charge in [0.2, 0.25) is 0 Å². The van der Waals surface area contributed by atoms with Gasteiger partial charge in [0.05, 0.1) is 5.56 Å². The summed E-state index contributed by atoms with van der Waals surface area (Å²) in [6.07, 6.45) is -0.670. The van der Waals surface area contributed by atoms with Crippen molar-refractivity contribution < 1.29 is 14.9 Å². The Hall–Kier alpha value is -1.61. The first-order valence-electron chi connectivity index (χ1n) is 6.60. The molecule has 0 radical (unpaired) electrons. The summed E-state index contributed by atoms with van der Waals surface area (Å²) in [5.74, 6) is 0.477. The average molecular weight is 278 g/mol. The molecule has 1 aromatic rings. The molecule has 1 atom stereocenters. The lowest BCUT2D eigenvalue weighted by Gasteiger charge is -2.23. The van der Waals surface area contributed by atoms with E-state index in [0.29, 0.717) is 24.4 Å². The SMILES string of the molecule is CC(C)(CO)CNCC(O)COc1ccccc1C#N. The van der Waals surface area contributed by atoms with Crippen molar-refractivity contribution in [1.82, 2.24) is 5.32 Å². The van der Waals surface area contributed by atoms with Crippen LogP contribution in [0, 0.1) is 16.7 Å². The Morgan fingerprint density at radius 2 is 2.10 bits per heavy atom. The van der Waals surface area contributed by atoms with Crippen molar-refractivity contribution in [1.29, 1.82) is 5.26 Å². The molecular weight excluding hydrogens is 256 g/mol. The van der Waals surface area contributed by atoms with Crippen LogP contribution in [0.4, 0.5) is 0 Å². The summed E-state index contributed by atoms with van der Waals surface area (Å²) in [5, 5.41) is 30.9. The van der Waals surface area contributed by atoms with E-state index < -0.39 is 6.10 Å². The molecule has 0 bridgehead atoms. The molecular formula is C15H22N2O3. The third kappa shape index (κ3) is 5.57. The first-order valence-corrected chi connectivity index (χ1v) is 6.60. The maximum atomic E-state index is 9.81. The van der Waals surface area contributed by atoms with E-state index in [0.717, 1.165) is 0 Å². The van der Waals surface area contributed by atoms with Crippen LogP contribution < -0.4 is 10.1 Å². The number of hydrogen-bond acceptors (Lipinski definition) is 5. The van der Waals surface area contributed by atoms with Crippen LogP contribution in [0.5, 0.6) is 5.75 Å². The molecule has 0 saturated heterocycles. The fourth-order valence-corrected chi connectivity index (χ4v) is 1.56. The molecule has 0 heterocycles.